The van der Waals surface area contributed by atoms with Crippen molar-refractivity contribution < 1.29 is 4.74 Å². The standard InChI is InChI=1S/C12H10N2OS/c1-2-15-10-3-4-11-8(6-10)5-9(7-13)12(16)14-11/h3-6H,2H2,1H3,(H,14,16). The van der Waals surface area contributed by atoms with Crippen LogP contribution in [0.1, 0.15) is 12.5 Å². The van der Waals surface area contributed by atoms with Gasteiger partial charge in [0.2, 0.25) is 0 Å². The third kappa shape index (κ3) is 1.90. The molecule has 0 atom stereocenters. The first-order valence-corrected chi connectivity index (χ1v) is 5.35. The second kappa shape index (κ2) is 4.33. The van der Waals surface area contributed by atoms with E-state index in [2.05, 4.69) is 11.1 Å². The number of hydrogen-bond acceptors (Lipinski definition) is 3. The van der Waals surface area contributed by atoms with Gasteiger partial charge in [-0.2, -0.15) is 5.26 Å². The summed E-state index contributed by atoms with van der Waals surface area (Å²) in [4.78, 5) is 3.02. The lowest BCUT2D eigenvalue weighted by Crippen LogP contribution is -1.92. The number of hydrogen-bond donors (Lipinski definition) is 1. The fraction of sp³-hybridized carbons (Fsp3) is 0.167. The number of nitrogens with zero attached hydrogens (tertiary/aromatic N) is 1. The van der Waals surface area contributed by atoms with Crippen LogP contribution in [0.5, 0.6) is 5.75 Å². The molecule has 0 radical (unpaired) electrons. The first-order valence-electron chi connectivity index (χ1n) is 4.94. The summed E-state index contributed by atoms with van der Waals surface area (Å²) in [6, 6.07) is 9.51. The Kier molecular flexibility index (Phi) is 2.88. The van der Waals surface area contributed by atoms with Crippen molar-refractivity contribution in [1.82, 2.24) is 4.98 Å². The third-order valence-corrected chi connectivity index (χ3v) is 2.57. The Bertz CT molecular complexity index is 625. The molecule has 0 unspecified atom stereocenters. The number of pyridine rings is 1. The highest BCUT2D eigenvalue weighted by Gasteiger charge is 2.01. The Labute approximate surface area is 98.3 Å². The van der Waals surface area contributed by atoms with Crippen molar-refractivity contribution in [2.75, 3.05) is 6.61 Å². The molecule has 0 amide bonds. The predicted octanol–water partition coefficient (Wildman–Crippen LogP) is 3.17. The van der Waals surface area contributed by atoms with Crippen LogP contribution in [0.2, 0.25) is 0 Å². The smallest absolute Gasteiger partial charge is 0.121 e. The van der Waals surface area contributed by atoms with E-state index in [1.54, 1.807) is 6.07 Å². The van der Waals surface area contributed by atoms with E-state index in [0.717, 1.165) is 16.7 Å². The fourth-order valence-electron chi connectivity index (χ4n) is 1.52. The summed E-state index contributed by atoms with van der Waals surface area (Å²) >= 11 is 5.05. The van der Waals surface area contributed by atoms with Gasteiger partial charge in [0.15, 0.2) is 0 Å². The molecule has 1 heterocycles. The first kappa shape index (κ1) is 10.7. The largest absolute Gasteiger partial charge is 0.494 e. The van der Waals surface area contributed by atoms with Crippen LogP contribution < -0.4 is 4.74 Å². The number of nitriles is 1. The molecular weight excluding hydrogens is 220 g/mol. The van der Waals surface area contributed by atoms with E-state index in [0.29, 0.717) is 16.8 Å². The maximum Gasteiger partial charge on any atom is 0.121 e. The van der Waals surface area contributed by atoms with Crippen molar-refractivity contribution >= 4 is 23.1 Å². The molecule has 1 aromatic carbocycles. The number of H-pyrrole nitrogens is 1. The Morgan fingerprint density at radius 3 is 2.94 bits per heavy atom. The van der Waals surface area contributed by atoms with Crippen molar-refractivity contribution in [3.63, 3.8) is 0 Å². The van der Waals surface area contributed by atoms with Gasteiger partial charge in [-0.25, -0.2) is 0 Å². The monoisotopic (exact) mass is 230 g/mol. The molecule has 2 aromatic rings. The molecule has 0 bridgehead atoms. The van der Waals surface area contributed by atoms with E-state index in [9.17, 15) is 0 Å². The number of aromatic amines is 1. The number of aromatic nitrogens is 1. The molecule has 0 saturated carbocycles. The SMILES string of the molecule is CCOc1ccc2[nH]c(=S)c(C#N)cc2c1. The van der Waals surface area contributed by atoms with Gasteiger partial charge < -0.3 is 9.72 Å². The summed E-state index contributed by atoms with van der Waals surface area (Å²) in [5.74, 6) is 0.796. The van der Waals surface area contributed by atoms with E-state index in [4.69, 9.17) is 22.2 Å². The van der Waals surface area contributed by atoms with Gasteiger partial charge in [-0.3, -0.25) is 0 Å². The molecule has 4 heteroatoms. The molecule has 0 fully saturated rings. The van der Waals surface area contributed by atoms with Crippen LogP contribution in [-0.2, 0) is 0 Å². The lowest BCUT2D eigenvalue weighted by molar-refractivity contribution is 0.340. The first-order chi connectivity index (χ1) is 7.74. The molecule has 2 rings (SSSR count). The molecule has 0 spiro atoms. The van der Waals surface area contributed by atoms with Crippen molar-refractivity contribution in [2.45, 2.75) is 6.92 Å². The minimum Gasteiger partial charge on any atom is -0.494 e. The predicted molar refractivity (Wildman–Crippen MR) is 65.0 cm³/mol. The van der Waals surface area contributed by atoms with Crippen LogP contribution >= 0.6 is 12.2 Å². The van der Waals surface area contributed by atoms with E-state index in [1.165, 1.54) is 0 Å². The molecule has 0 aliphatic rings. The van der Waals surface area contributed by atoms with Crippen molar-refractivity contribution in [3.8, 4) is 11.8 Å². The van der Waals surface area contributed by atoms with Crippen LogP contribution in [-0.4, -0.2) is 11.6 Å². The summed E-state index contributed by atoms with van der Waals surface area (Å²) in [7, 11) is 0. The fourth-order valence-corrected chi connectivity index (χ4v) is 1.74. The van der Waals surface area contributed by atoms with Crippen LogP contribution in [0.15, 0.2) is 24.3 Å². The zero-order valence-electron chi connectivity index (χ0n) is 8.78. The second-order valence-corrected chi connectivity index (χ2v) is 3.71. The topological polar surface area (TPSA) is 48.8 Å². The van der Waals surface area contributed by atoms with E-state index in [-0.39, 0.29) is 0 Å². The Balaban J connectivity index is 2.64. The average Bonchev–Trinajstić information content (AvgIpc) is 2.29. The van der Waals surface area contributed by atoms with Gasteiger partial charge in [0, 0.05) is 10.9 Å². The minimum atomic E-state index is 0.471. The van der Waals surface area contributed by atoms with Crippen LogP contribution in [0, 0.1) is 16.0 Å². The van der Waals surface area contributed by atoms with Gasteiger partial charge in [0.25, 0.3) is 0 Å². The van der Waals surface area contributed by atoms with E-state index in [1.807, 2.05) is 25.1 Å². The second-order valence-electron chi connectivity index (χ2n) is 3.31. The number of benzene rings is 1. The van der Waals surface area contributed by atoms with Gasteiger partial charge in [-0.05, 0) is 31.2 Å². The number of ether oxygens (including phenoxy) is 1. The quantitative estimate of drug-likeness (QED) is 0.806. The molecule has 1 aromatic heterocycles. The summed E-state index contributed by atoms with van der Waals surface area (Å²) in [6.07, 6.45) is 0. The van der Waals surface area contributed by atoms with Gasteiger partial charge >= 0.3 is 0 Å². The summed E-state index contributed by atoms with van der Waals surface area (Å²) < 4.78 is 5.87. The van der Waals surface area contributed by atoms with Gasteiger partial charge in [-0.1, -0.05) is 12.2 Å². The lowest BCUT2D eigenvalue weighted by Gasteiger charge is -2.05. The normalized spacial score (nSPS) is 10.0. The Morgan fingerprint density at radius 2 is 2.25 bits per heavy atom. The van der Waals surface area contributed by atoms with Crippen molar-refractivity contribution in [1.29, 1.82) is 5.26 Å². The molecule has 0 saturated heterocycles. The lowest BCUT2D eigenvalue weighted by atomic mass is 10.1. The van der Waals surface area contributed by atoms with E-state index < -0.39 is 0 Å². The zero-order valence-corrected chi connectivity index (χ0v) is 9.60. The van der Waals surface area contributed by atoms with Crippen molar-refractivity contribution in [2.24, 2.45) is 0 Å². The number of rotatable bonds is 2. The molecule has 0 aliphatic heterocycles. The Morgan fingerprint density at radius 1 is 1.44 bits per heavy atom. The molecule has 0 aliphatic carbocycles. The molecule has 16 heavy (non-hydrogen) atoms. The minimum absolute atomic E-state index is 0.471. The van der Waals surface area contributed by atoms with Crippen LogP contribution in [0.25, 0.3) is 10.9 Å². The summed E-state index contributed by atoms with van der Waals surface area (Å²) in [5, 5.41) is 9.81. The molecule has 3 nitrogen and oxygen atoms in total. The van der Waals surface area contributed by atoms with E-state index >= 15 is 0 Å². The number of nitrogens with one attached hydrogen (secondary N) is 1. The van der Waals surface area contributed by atoms with Gasteiger partial charge in [0.1, 0.15) is 16.5 Å². The van der Waals surface area contributed by atoms with Crippen molar-refractivity contribution in [3.05, 3.63) is 34.5 Å². The summed E-state index contributed by atoms with van der Waals surface area (Å²) in [6.45, 7) is 2.56. The summed E-state index contributed by atoms with van der Waals surface area (Å²) in [5.41, 5.74) is 1.39. The van der Waals surface area contributed by atoms with Gasteiger partial charge in [0.05, 0.1) is 12.2 Å². The molecule has 1 N–H and O–H groups in total. The average molecular weight is 230 g/mol. The van der Waals surface area contributed by atoms with Crippen LogP contribution in [0.3, 0.4) is 0 Å². The molecular formula is C12H10N2OS. The highest BCUT2D eigenvalue weighted by Crippen LogP contribution is 2.20. The maximum atomic E-state index is 8.88. The highest BCUT2D eigenvalue weighted by molar-refractivity contribution is 7.71. The Hall–Kier alpha value is -1.86. The third-order valence-electron chi connectivity index (χ3n) is 2.25. The maximum absolute atomic E-state index is 8.88. The van der Waals surface area contributed by atoms with Crippen LogP contribution in [0.4, 0.5) is 0 Å². The highest BCUT2D eigenvalue weighted by atomic mass is 32.1. The number of fused-ring (bicyclic) bond motifs is 1. The zero-order chi connectivity index (χ0) is 11.5. The molecule has 80 valence electrons. The van der Waals surface area contributed by atoms with Gasteiger partial charge in [-0.15, -0.1) is 0 Å².